The molecule has 1 amide bonds. The number of amides is 1. The van der Waals surface area contributed by atoms with Gasteiger partial charge in [0.1, 0.15) is 12.4 Å². The first-order chi connectivity index (χ1) is 10.5. The van der Waals surface area contributed by atoms with Crippen LogP contribution < -0.4 is 11.1 Å². The van der Waals surface area contributed by atoms with Crippen LogP contribution in [0.3, 0.4) is 0 Å². The van der Waals surface area contributed by atoms with Gasteiger partial charge in [0, 0.05) is 31.0 Å². The molecule has 6 nitrogen and oxygen atoms in total. The number of anilines is 1. The minimum Gasteiger partial charge on any atom is -0.383 e. The van der Waals surface area contributed by atoms with E-state index >= 15 is 0 Å². The van der Waals surface area contributed by atoms with Crippen molar-refractivity contribution in [2.24, 2.45) is 0 Å². The van der Waals surface area contributed by atoms with Gasteiger partial charge in [-0.05, 0) is 31.0 Å². The molecule has 0 saturated carbocycles. The predicted molar refractivity (Wildman–Crippen MR) is 84.2 cm³/mol. The maximum absolute atomic E-state index is 12.3. The van der Waals surface area contributed by atoms with Gasteiger partial charge in [0.15, 0.2) is 5.82 Å². The van der Waals surface area contributed by atoms with E-state index in [0.29, 0.717) is 29.4 Å². The number of nitrogens with one attached hydrogen (secondary N) is 1. The number of methoxy groups -OCH3 is 1. The quantitative estimate of drug-likeness (QED) is 0.878. The number of nitrogens with two attached hydrogens (primary N) is 1. The van der Waals surface area contributed by atoms with E-state index in [4.69, 9.17) is 10.5 Å². The third kappa shape index (κ3) is 3.59. The largest absolute Gasteiger partial charge is 0.383 e. The Balaban J connectivity index is 2.06. The lowest BCUT2D eigenvalue weighted by Gasteiger charge is -2.10. The highest BCUT2D eigenvalue weighted by molar-refractivity contribution is 5.95. The zero-order valence-corrected chi connectivity index (χ0v) is 13.0. The summed E-state index contributed by atoms with van der Waals surface area (Å²) in [5.74, 6) is 0.731. The highest BCUT2D eigenvalue weighted by Crippen LogP contribution is 2.13. The van der Waals surface area contributed by atoms with Gasteiger partial charge in [-0.25, -0.2) is 9.97 Å². The van der Waals surface area contributed by atoms with E-state index in [0.717, 1.165) is 11.1 Å². The minimum atomic E-state index is -0.137. The van der Waals surface area contributed by atoms with Crippen molar-refractivity contribution in [1.82, 2.24) is 15.3 Å². The molecule has 2 rings (SSSR count). The topological polar surface area (TPSA) is 90.1 Å². The van der Waals surface area contributed by atoms with Crippen molar-refractivity contribution < 1.29 is 9.53 Å². The van der Waals surface area contributed by atoms with Crippen molar-refractivity contribution in [2.45, 2.75) is 27.0 Å². The van der Waals surface area contributed by atoms with E-state index in [2.05, 4.69) is 15.3 Å². The number of benzene rings is 1. The summed E-state index contributed by atoms with van der Waals surface area (Å²) in [5, 5.41) is 2.85. The molecule has 0 spiro atoms. The Bertz CT molecular complexity index is 686. The molecule has 0 unspecified atom stereocenters. The van der Waals surface area contributed by atoms with Gasteiger partial charge in [0.05, 0.1) is 0 Å². The highest BCUT2D eigenvalue weighted by atomic mass is 16.5. The number of nitrogen functional groups attached to an aromatic ring is 1. The second-order valence-corrected chi connectivity index (χ2v) is 5.06. The Morgan fingerprint density at radius 1 is 1.36 bits per heavy atom. The summed E-state index contributed by atoms with van der Waals surface area (Å²) in [6, 6.07) is 5.65. The lowest BCUT2D eigenvalue weighted by molar-refractivity contribution is 0.0950. The third-order valence-corrected chi connectivity index (χ3v) is 3.51. The summed E-state index contributed by atoms with van der Waals surface area (Å²) in [5.41, 5.74) is 9.27. The van der Waals surface area contributed by atoms with Crippen LogP contribution in [-0.4, -0.2) is 23.0 Å². The summed E-state index contributed by atoms with van der Waals surface area (Å²) >= 11 is 0. The maximum atomic E-state index is 12.3. The molecule has 0 fully saturated rings. The van der Waals surface area contributed by atoms with Crippen molar-refractivity contribution in [3.8, 4) is 0 Å². The number of hydrogen-bond donors (Lipinski definition) is 2. The number of carbonyl (C=O) groups excluding carboxylic acids is 1. The van der Waals surface area contributed by atoms with Gasteiger partial charge >= 0.3 is 0 Å². The van der Waals surface area contributed by atoms with Gasteiger partial charge in [-0.15, -0.1) is 0 Å². The van der Waals surface area contributed by atoms with Crippen LogP contribution in [0.5, 0.6) is 0 Å². The summed E-state index contributed by atoms with van der Waals surface area (Å²) in [4.78, 5) is 20.5. The zero-order valence-electron chi connectivity index (χ0n) is 13.0. The van der Waals surface area contributed by atoms with Crippen LogP contribution in [0.1, 0.15) is 32.9 Å². The Labute approximate surface area is 129 Å². The molecule has 0 bridgehead atoms. The molecule has 0 atom stereocenters. The Kier molecular flexibility index (Phi) is 5.06. The smallest absolute Gasteiger partial charge is 0.251 e. The molecule has 0 saturated heterocycles. The molecule has 1 heterocycles. The molecule has 2 aromatic rings. The molecule has 0 aliphatic rings. The molecular formula is C16H20N4O2. The zero-order chi connectivity index (χ0) is 16.1. The first kappa shape index (κ1) is 15.9. The fourth-order valence-corrected chi connectivity index (χ4v) is 2.06. The second-order valence-electron chi connectivity index (χ2n) is 5.06. The lowest BCUT2D eigenvalue weighted by atomic mass is 10.0. The maximum Gasteiger partial charge on any atom is 0.251 e. The SMILES string of the molecule is COCc1ncc(CNC(=O)c2cccc(C)c2C)c(N)n1. The first-order valence-electron chi connectivity index (χ1n) is 6.96. The molecular weight excluding hydrogens is 280 g/mol. The van der Waals surface area contributed by atoms with E-state index in [9.17, 15) is 4.79 Å². The lowest BCUT2D eigenvalue weighted by Crippen LogP contribution is -2.24. The third-order valence-electron chi connectivity index (χ3n) is 3.51. The summed E-state index contributed by atoms with van der Waals surface area (Å²) in [6.07, 6.45) is 1.61. The number of aromatic nitrogens is 2. The fraction of sp³-hybridized carbons (Fsp3) is 0.312. The average Bonchev–Trinajstić information content (AvgIpc) is 2.49. The van der Waals surface area contributed by atoms with E-state index in [1.807, 2.05) is 26.0 Å². The summed E-state index contributed by atoms with van der Waals surface area (Å²) < 4.78 is 4.95. The molecule has 0 radical (unpaired) electrons. The molecule has 116 valence electrons. The van der Waals surface area contributed by atoms with Gasteiger partial charge in [-0.1, -0.05) is 12.1 Å². The fourth-order valence-electron chi connectivity index (χ4n) is 2.06. The van der Waals surface area contributed by atoms with E-state index in [1.54, 1.807) is 19.4 Å². The molecule has 0 aliphatic carbocycles. The number of hydrogen-bond acceptors (Lipinski definition) is 5. The van der Waals surface area contributed by atoms with Crippen molar-refractivity contribution in [1.29, 1.82) is 0 Å². The van der Waals surface area contributed by atoms with E-state index < -0.39 is 0 Å². The van der Waals surface area contributed by atoms with Crippen LogP contribution in [-0.2, 0) is 17.9 Å². The van der Waals surface area contributed by atoms with Crippen molar-refractivity contribution in [2.75, 3.05) is 12.8 Å². The van der Waals surface area contributed by atoms with E-state index in [-0.39, 0.29) is 12.5 Å². The van der Waals surface area contributed by atoms with Gasteiger partial charge in [0.25, 0.3) is 5.91 Å². The molecule has 0 aliphatic heterocycles. The average molecular weight is 300 g/mol. The monoisotopic (exact) mass is 300 g/mol. The van der Waals surface area contributed by atoms with E-state index in [1.165, 1.54) is 0 Å². The molecule has 6 heteroatoms. The van der Waals surface area contributed by atoms with Crippen molar-refractivity contribution >= 4 is 11.7 Å². The number of aryl methyl sites for hydroxylation is 1. The minimum absolute atomic E-state index is 0.137. The van der Waals surface area contributed by atoms with Crippen molar-refractivity contribution in [3.63, 3.8) is 0 Å². The standard InChI is InChI=1S/C16H20N4O2/c1-10-5-4-6-13(11(10)2)16(21)19-8-12-7-18-14(9-22-3)20-15(12)17/h4-7H,8-9H2,1-3H3,(H,19,21)(H2,17,18,20). The second kappa shape index (κ2) is 7.00. The predicted octanol–water partition coefficient (Wildman–Crippen LogP) is 1.75. The van der Waals surface area contributed by atoms with Crippen LogP contribution in [0.15, 0.2) is 24.4 Å². The van der Waals surface area contributed by atoms with Crippen molar-refractivity contribution in [3.05, 3.63) is 52.5 Å². The number of ether oxygens (including phenoxy) is 1. The van der Waals surface area contributed by atoms with Gasteiger partial charge in [-0.3, -0.25) is 4.79 Å². The molecule has 3 N–H and O–H groups in total. The van der Waals surface area contributed by atoms with Gasteiger partial charge < -0.3 is 15.8 Å². The summed E-state index contributed by atoms with van der Waals surface area (Å²) in [6.45, 7) is 4.50. The number of nitrogens with zero attached hydrogens (tertiary/aromatic N) is 2. The van der Waals surface area contributed by atoms with Crippen LogP contribution in [0.4, 0.5) is 5.82 Å². The van der Waals surface area contributed by atoms with Crippen LogP contribution >= 0.6 is 0 Å². The number of rotatable bonds is 5. The normalized spacial score (nSPS) is 10.5. The molecule has 1 aromatic carbocycles. The Hall–Kier alpha value is -2.47. The number of carbonyl (C=O) groups is 1. The first-order valence-corrected chi connectivity index (χ1v) is 6.96. The van der Waals surface area contributed by atoms with Gasteiger partial charge in [-0.2, -0.15) is 0 Å². The van der Waals surface area contributed by atoms with Crippen LogP contribution in [0.2, 0.25) is 0 Å². The summed E-state index contributed by atoms with van der Waals surface area (Å²) in [7, 11) is 1.57. The molecule has 22 heavy (non-hydrogen) atoms. The van der Waals surface area contributed by atoms with Crippen LogP contribution in [0.25, 0.3) is 0 Å². The van der Waals surface area contributed by atoms with Crippen LogP contribution in [0, 0.1) is 13.8 Å². The Morgan fingerprint density at radius 3 is 2.82 bits per heavy atom. The highest BCUT2D eigenvalue weighted by Gasteiger charge is 2.11. The van der Waals surface area contributed by atoms with Gasteiger partial charge in [0.2, 0.25) is 0 Å². The Morgan fingerprint density at radius 2 is 2.14 bits per heavy atom. The molecule has 1 aromatic heterocycles.